The van der Waals surface area contributed by atoms with E-state index in [0.717, 1.165) is 14.2 Å². The number of amides is 2. The topological polar surface area (TPSA) is 90.0 Å². The van der Waals surface area contributed by atoms with Crippen LogP contribution in [0.3, 0.4) is 0 Å². The smallest absolute Gasteiger partial charge is 0.304 e. The lowest BCUT2D eigenvalue weighted by Gasteiger charge is -2.33. The van der Waals surface area contributed by atoms with Crippen molar-refractivity contribution in [3.8, 4) is 0 Å². The molecule has 0 aliphatic carbocycles. The van der Waals surface area contributed by atoms with E-state index in [1.54, 1.807) is 61.5 Å². The number of nitrogens with one attached hydrogen (secondary N) is 1. The summed E-state index contributed by atoms with van der Waals surface area (Å²) >= 11 is 5.97. The molecule has 180 valence electrons. The number of anilines is 1. The lowest BCUT2D eigenvalue weighted by atomic mass is 10.1. The van der Waals surface area contributed by atoms with Gasteiger partial charge in [-0.2, -0.15) is 12.7 Å². The van der Waals surface area contributed by atoms with Crippen LogP contribution in [0.15, 0.2) is 54.6 Å². The van der Waals surface area contributed by atoms with Gasteiger partial charge in [-0.3, -0.25) is 9.59 Å². The second-order valence-corrected chi connectivity index (χ2v) is 10.6. The third kappa shape index (κ3) is 7.18. The molecule has 2 rings (SSSR count). The SMILES string of the molecule is CC(C)NC(=O)C(C)N(Cc1ccc(Cl)cc1)C(=O)CN(c1ccccc1)S(=O)(=O)N(C)C. The Kier molecular flexibility index (Phi) is 9.27. The maximum Gasteiger partial charge on any atom is 0.304 e. The second kappa shape index (κ2) is 11.5. The third-order valence-electron chi connectivity index (χ3n) is 4.93. The number of carbonyl (C=O) groups is 2. The van der Waals surface area contributed by atoms with Gasteiger partial charge >= 0.3 is 10.2 Å². The molecule has 2 amide bonds. The molecule has 0 aliphatic heterocycles. The predicted molar refractivity (Wildman–Crippen MR) is 131 cm³/mol. The monoisotopic (exact) mass is 494 g/mol. The highest BCUT2D eigenvalue weighted by atomic mass is 35.5. The van der Waals surface area contributed by atoms with E-state index in [2.05, 4.69) is 5.32 Å². The minimum absolute atomic E-state index is 0.109. The van der Waals surface area contributed by atoms with E-state index in [-0.39, 0.29) is 18.5 Å². The fraction of sp³-hybridized carbons (Fsp3) is 0.391. The van der Waals surface area contributed by atoms with Crippen LogP contribution < -0.4 is 9.62 Å². The normalized spacial score (nSPS) is 12.5. The van der Waals surface area contributed by atoms with Crippen LogP contribution in [0.2, 0.25) is 5.02 Å². The number of halogens is 1. The first kappa shape index (κ1) is 26.6. The standard InChI is InChI=1S/C23H31ClN4O4S/c1-17(2)25-23(30)18(3)27(15-19-11-13-20(24)14-12-19)22(29)16-28(33(31,32)26(4)5)21-9-7-6-8-10-21/h6-14,17-18H,15-16H2,1-5H3,(H,25,30). The molecule has 1 unspecified atom stereocenters. The van der Waals surface area contributed by atoms with E-state index in [1.165, 1.54) is 19.0 Å². The van der Waals surface area contributed by atoms with Gasteiger partial charge in [0.25, 0.3) is 0 Å². The molecule has 0 radical (unpaired) electrons. The Morgan fingerprint density at radius 2 is 1.55 bits per heavy atom. The molecular weight excluding hydrogens is 464 g/mol. The summed E-state index contributed by atoms with van der Waals surface area (Å²) in [6, 6.07) is 14.4. The van der Waals surface area contributed by atoms with Crippen LogP contribution in [-0.4, -0.2) is 62.2 Å². The molecule has 0 aromatic heterocycles. The lowest BCUT2D eigenvalue weighted by molar-refractivity contribution is -0.139. The van der Waals surface area contributed by atoms with Crippen molar-refractivity contribution in [1.82, 2.24) is 14.5 Å². The summed E-state index contributed by atoms with van der Waals surface area (Å²) in [4.78, 5) is 27.6. The predicted octanol–water partition coefficient (Wildman–Crippen LogP) is 2.89. The third-order valence-corrected chi connectivity index (χ3v) is 7.00. The summed E-state index contributed by atoms with van der Waals surface area (Å²) < 4.78 is 28.1. The largest absolute Gasteiger partial charge is 0.352 e. The van der Waals surface area contributed by atoms with Crippen molar-refractivity contribution < 1.29 is 18.0 Å². The quantitative estimate of drug-likeness (QED) is 0.550. The van der Waals surface area contributed by atoms with Crippen molar-refractivity contribution in [3.63, 3.8) is 0 Å². The summed E-state index contributed by atoms with van der Waals surface area (Å²) in [7, 11) is -1.16. The van der Waals surface area contributed by atoms with E-state index < -0.39 is 28.7 Å². The van der Waals surface area contributed by atoms with Gasteiger partial charge in [0.15, 0.2) is 0 Å². The fourth-order valence-electron chi connectivity index (χ4n) is 3.09. The van der Waals surface area contributed by atoms with Gasteiger partial charge in [0.05, 0.1) is 5.69 Å². The first-order chi connectivity index (χ1) is 15.4. The lowest BCUT2D eigenvalue weighted by Crippen LogP contribution is -2.53. The molecule has 33 heavy (non-hydrogen) atoms. The summed E-state index contributed by atoms with van der Waals surface area (Å²) in [5.74, 6) is -0.834. The Bertz CT molecular complexity index is 1040. The molecule has 0 spiro atoms. The highest BCUT2D eigenvalue weighted by Gasteiger charge is 2.32. The summed E-state index contributed by atoms with van der Waals surface area (Å²) in [6.45, 7) is 4.94. The maximum atomic E-state index is 13.5. The van der Waals surface area contributed by atoms with Crippen molar-refractivity contribution in [3.05, 3.63) is 65.2 Å². The zero-order chi connectivity index (χ0) is 24.8. The van der Waals surface area contributed by atoms with E-state index in [0.29, 0.717) is 10.7 Å². The van der Waals surface area contributed by atoms with Gasteiger partial charge in [0, 0.05) is 31.7 Å². The van der Waals surface area contributed by atoms with E-state index >= 15 is 0 Å². The molecule has 0 bridgehead atoms. The van der Waals surface area contributed by atoms with Gasteiger partial charge in [0.1, 0.15) is 12.6 Å². The van der Waals surface area contributed by atoms with Crippen LogP contribution >= 0.6 is 11.6 Å². The van der Waals surface area contributed by atoms with Gasteiger partial charge in [-0.1, -0.05) is 41.9 Å². The Hall–Kier alpha value is -2.62. The Labute approximate surface area is 201 Å². The van der Waals surface area contributed by atoms with E-state index in [9.17, 15) is 18.0 Å². The molecule has 0 saturated carbocycles. The zero-order valence-corrected chi connectivity index (χ0v) is 21.1. The highest BCUT2D eigenvalue weighted by molar-refractivity contribution is 7.90. The van der Waals surface area contributed by atoms with Crippen LogP contribution in [0.4, 0.5) is 5.69 Å². The summed E-state index contributed by atoms with van der Waals surface area (Å²) in [5.41, 5.74) is 1.11. The van der Waals surface area contributed by atoms with Crippen LogP contribution in [0, 0.1) is 0 Å². The van der Waals surface area contributed by atoms with Gasteiger partial charge in [-0.05, 0) is 50.6 Å². The molecule has 10 heteroatoms. The van der Waals surface area contributed by atoms with Crippen LogP contribution in [0.25, 0.3) is 0 Å². The summed E-state index contributed by atoms with van der Waals surface area (Å²) in [6.07, 6.45) is 0. The molecule has 0 heterocycles. The maximum absolute atomic E-state index is 13.5. The Morgan fingerprint density at radius 3 is 2.06 bits per heavy atom. The highest BCUT2D eigenvalue weighted by Crippen LogP contribution is 2.21. The molecule has 2 aromatic carbocycles. The van der Waals surface area contributed by atoms with Gasteiger partial charge in [0.2, 0.25) is 11.8 Å². The van der Waals surface area contributed by atoms with E-state index in [4.69, 9.17) is 11.6 Å². The average molecular weight is 495 g/mol. The molecule has 0 fully saturated rings. The first-order valence-corrected chi connectivity index (χ1v) is 12.3. The number of rotatable bonds is 10. The molecule has 2 aromatic rings. The van der Waals surface area contributed by atoms with Crippen molar-refractivity contribution in [2.45, 2.75) is 39.4 Å². The van der Waals surface area contributed by atoms with Crippen molar-refractivity contribution >= 4 is 39.3 Å². The molecule has 8 nitrogen and oxygen atoms in total. The number of carbonyl (C=O) groups excluding carboxylic acids is 2. The first-order valence-electron chi connectivity index (χ1n) is 10.5. The van der Waals surface area contributed by atoms with Crippen molar-refractivity contribution in [2.24, 2.45) is 0 Å². The molecule has 1 N–H and O–H groups in total. The van der Waals surface area contributed by atoms with Crippen molar-refractivity contribution in [2.75, 3.05) is 24.9 Å². The summed E-state index contributed by atoms with van der Waals surface area (Å²) in [5, 5.41) is 3.36. The number of hydrogen-bond donors (Lipinski definition) is 1. The number of para-hydroxylation sites is 1. The van der Waals surface area contributed by atoms with Crippen LogP contribution in [0.5, 0.6) is 0 Å². The van der Waals surface area contributed by atoms with Crippen LogP contribution in [0.1, 0.15) is 26.3 Å². The van der Waals surface area contributed by atoms with Crippen LogP contribution in [-0.2, 0) is 26.3 Å². The Balaban J connectivity index is 2.41. The zero-order valence-electron chi connectivity index (χ0n) is 19.5. The van der Waals surface area contributed by atoms with Gasteiger partial charge in [-0.15, -0.1) is 0 Å². The molecular formula is C23H31ClN4O4S. The average Bonchev–Trinajstić information content (AvgIpc) is 2.76. The number of benzene rings is 2. The minimum atomic E-state index is -3.96. The Morgan fingerprint density at radius 1 is 0.970 bits per heavy atom. The molecule has 1 atom stereocenters. The second-order valence-electron chi connectivity index (χ2n) is 8.12. The minimum Gasteiger partial charge on any atom is -0.352 e. The number of hydrogen-bond acceptors (Lipinski definition) is 4. The molecule has 0 saturated heterocycles. The van der Waals surface area contributed by atoms with Gasteiger partial charge in [-0.25, -0.2) is 4.31 Å². The van der Waals surface area contributed by atoms with Gasteiger partial charge < -0.3 is 10.2 Å². The fourth-order valence-corrected chi connectivity index (χ4v) is 4.27. The molecule has 0 aliphatic rings. The van der Waals surface area contributed by atoms with E-state index in [1.807, 2.05) is 13.8 Å². The number of nitrogens with zero attached hydrogens (tertiary/aromatic N) is 3. The van der Waals surface area contributed by atoms with Crippen molar-refractivity contribution in [1.29, 1.82) is 0 Å².